The fourth-order valence-corrected chi connectivity index (χ4v) is 3.00. The first-order valence-electron chi connectivity index (χ1n) is 10.7. The van der Waals surface area contributed by atoms with E-state index in [1.165, 1.54) is 103 Å². The van der Waals surface area contributed by atoms with Crippen LogP contribution in [0, 0.1) is 0 Å². The number of ether oxygens (including phenoxy) is 1. The van der Waals surface area contributed by atoms with Crippen LogP contribution in [0.3, 0.4) is 0 Å². The van der Waals surface area contributed by atoms with Gasteiger partial charge in [-0.05, 0) is 12.8 Å². The first kappa shape index (κ1) is 22.9. The molecule has 0 spiro atoms. The van der Waals surface area contributed by atoms with E-state index in [1.54, 1.807) is 0 Å². The van der Waals surface area contributed by atoms with Crippen molar-refractivity contribution in [3.05, 3.63) is 0 Å². The molecule has 0 bridgehead atoms. The van der Waals surface area contributed by atoms with Crippen LogP contribution in [-0.4, -0.2) is 12.8 Å². The summed E-state index contributed by atoms with van der Waals surface area (Å²) in [5.74, 6) is 0. The Morgan fingerprint density at radius 1 is 0.565 bits per heavy atom. The minimum atomic E-state index is -0.0497. The van der Waals surface area contributed by atoms with Gasteiger partial charge in [0, 0.05) is 6.61 Å². The lowest BCUT2D eigenvalue weighted by molar-refractivity contribution is 0.0526. The average molecular weight is 328 g/mol. The molecule has 2 heteroatoms. The summed E-state index contributed by atoms with van der Waals surface area (Å²) in [5, 5.41) is 0. The van der Waals surface area contributed by atoms with E-state index < -0.39 is 0 Å². The Hall–Kier alpha value is -0.0800. The molecule has 1 unspecified atom stereocenters. The Bertz CT molecular complexity index is 208. The Labute approximate surface area is 146 Å². The molecule has 23 heavy (non-hydrogen) atoms. The third-order valence-corrected chi connectivity index (χ3v) is 4.73. The van der Waals surface area contributed by atoms with Crippen LogP contribution in [-0.2, 0) is 4.74 Å². The van der Waals surface area contributed by atoms with Crippen molar-refractivity contribution in [2.75, 3.05) is 6.61 Å². The van der Waals surface area contributed by atoms with Crippen molar-refractivity contribution in [3.8, 4) is 0 Å². The predicted molar refractivity (Wildman–Crippen MR) is 104 cm³/mol. The number of nitrogens with two attached hydrogens (primary N) is 1. The molecular formula is C21H45NO. The molecule has 0 saturated carbocycles. The minimum Gasteiger partial charge on any atom is -0.364 e. The van der Waals surface area contributed by atoms with Crippen molar-refractivity contribution in [2.24, 2.45) is 5.73 Å². The summed E-state index contributed by atoms with van der Waals surface area (Å²) in [5.41, 5.74) is 5.72. The van der Waals surface area contributed by atoms with Crippen molar-refractivity contribution >= 4 is 0 Å². The van der Waals surface area contributed by atoms with E-state index in [2.05, 4.69) is 13.8 Å². The summed E-state index contributed by atoms with van der Waals surface area (Å²) < 4.78 is 5.49. The molecule has 0 aliphatic rings. The second-order valence-electron chi connectivity index (χ2n) is 7.12. The quantitative estimate of drug-likeness (QED) is 0.205. The van der Waals surface area contributed by atoms with Crippen molar-refractivity contribution in [1.29, 1.82) is 0 Å². The molecule has 0 aromatic carbocycles. The SMILES string of the molecule is CCCCCCCCCCCCCCCCCCOC(N)CC. The van der Waals surface area contributed by atoms with Gasteiger partial charge >= 0.3 is 0 Å². The highest BCUT2D eigenvalue weighted by Gasteiger charge is 1.98. The van der Waals surface area contributed by atoms with Gasteiger partial charge in [-0.25, -0.2) is 0 Å². The zero-order chi connectivity index (χ0) is 17.0. The van der Waals surface area contributed by atoms with E-state index in [9.17, 15) is 0 Å². The molecule has 0 aromatic heterocycles. The smallest absolute Gasteiger partial charge is 0.105 e. The molecule has 2 nitrogen and oxygen atoms in total. The summed E-state index contributed by atoms with van der Waals surface area (Å²) >= 11 is 0. The first-order valence-corrected chi connectivity index (χ1v) is 10.7. The highest BCUT2D eigenvalue weighted by Crippen LogP contribution is 2.13. The molecule has 0 rings (SSSR count). The molecule has 0 aliphatic carbocycles. The van der Waals surface area contributed by atoms with Crippen LogP contribution in [0.5, 0.6) is 0 Å². The van der Waals surface area contributed by atoms with Gasteiger partial charge in [0.25, 0.3) is 0 Å². The van der Waals surface area contributed by atoms with Crippen LogP contribution >= 0.6 is 0 Å². The molecule has 0 fully saturated rings. The second kappa shape index (κ2) is 20.0. The summed E-state index contributed by atoms with van der Waals surface area (Å²) in [4.78, 5) is 0. The Kier molecular flexibility index (Phi) is 19.9. The Morgan fingerprint density at radius 3 is 1.26 bits per heavy atom. The number of hydrogen-bond acceptors (Lipinski definition) is 2. The number of rotatable bonds is 19. The maximum absolute atomic E-state index is 5.72. The minimum absolute atomic E-state index is 0.0497. The molecule has 0 aromatic rings. The van der Waals surface area contributed by atoms with Gasteiger partial charge < -0.3 is 10.5 Å². The molecule has 0 aliphatic heterocycles. The lowest BCUT2D eigenvalue weighted by Gasteiger charge is -2.09. The maximum atomic E-state index is 5.72. The van der Waals surface area contributed by atoms with Gasteiger partial charge in [-0.15, -0.1) is 0 Å². The van der Waals surface area contributed by atoms with Gasteiger partial charge in [0.1, 0.15) is 6.23 Å². The van der Waals surface area contributed by atoms with Crippen molar-refractivity contribution in [1.82, 2.24) is 0 Å². The zero-order valence-corrected chi connectivity index (χ0v) is 16.3. The highest BCUT2D eigenvalue weighted by atomic mass is 16.5. The van der Waals surface area contributed by atoms with Crippen LogP contribution in [0.25, 0.3) is 0 Å². The van der Waals surface area contributed by atoms with Gasteiger partial charge in [-0.1, -0.05) is 110 Å². The summed E-state index contributed by atoms with van der Waals surface area (Å²) in [6.07, 6.45) is 23.4. The molecule has 0 heterocycles. The highest BCUT2D eigenvalue weighted by molar-refractivity contribution is 4.50. The summed E-state index contributed by atoms with van der Waals surface area (Å²) in [7, 11) is 0. The van der Waals surface area contributed by atoms with Crippen LogP contribution < -0.4 is 5.73 Å². The third kappa shape index (κ3) is 19.9. The van der Waals surface area contributed by atoms with Crippen molar-refractivity contribution in [2.45, 2.75) is 129 Å². The Morgan fingerprint density at radius 2 is 0.913 bits per heavy atom. The predicted octanol–water partition coefficient (Wildman–Crippen LogP) is 6.96. The van der Waals surface area contributed by atoms with E-state index in [1.807, 2.05) is 0 Å². The average Bonchev–Trinajstić information content (AvgIpc) is 2.57. The fourth-order valence-electron chi connectivity index (χ4n) is 3.00. The first-order chi connectivity index (χ1) is 11.3. The molecule has 0 saturated heterocycles. The van der Waals surface area contributed by atoms with Crippen LogP contribution in [0.4, 0.5) is 0 Å². The van der Waals surface area contributed by atoms with E-state index in [0.717, 1.165) is 13.0 Å². The summed E-state index contributed by atoms with van der Waals surface area (Å²) in [6, 6.07) is 0. The number of unbranched alkanes of at least 4 members (excludes halogenated alkanes) is 15. The largest absolute Gasteiger partial charge is 0.364 e. The van der Waals surface area contributed by atoms with Gasteiger partial charge in [0.05, 0.1) is 0 Å². The van der Waals surface area contributed by atoms with Gasteiger partial charge in [-0.3, -0.25) is 0 Å². The second-order valence-corrected chi connectivity index (χ2v) is 7.12. The normalized spacial score (nSPS) is 12.7. The van der Waals surface area contributed by atoms with Gasteiger partial charge in [-0.2, -0.15) is 0 Å². The topological polar surface area (TPSA) is 35.2 Å². The van der Waals surface area contributed by atoms with Gasteiger partial charge in [0.15, 0.2) is 0 Å². The fraction of sp³-hybridized carbons (Fsp3) is 1.00. The lowest BCUT2D eigenvalue weighted by atomic mass is 10.0. The van der Waals surface area contributed by atoms with Crippen molar-refractivity contribution in [3.63, 3.8) is 0 Å². The Balaban J connectivity index is 2.97. The maximum Gasteiger partial charge on any atom is 0.105 e. The third-order valence-electron chi connectivity index (χ3n) is 4.73. The molecule has 0 radical (unpaired) electrons. The lowest BCUT2D eigenvalue weighted by Crippen LogP contribution is -2.22. The molecule has 0 amide bonds. The van der Waals surface area contributed by atoms with Crippen LogP contribution in [0.2, 0.25) is 0 Å². The van der Waals surface area contributed by atoms with Crippen LogP contribution in [0.15, 0.2) is 0 Å². The summed E-state index contributed by atoms with van der Waals surface area (Å²) in [6.45, 7) is 5.20. The molecule has 2 N–H and O–H groups in total. The molecular weight excluding hydrogens is 282 g/mol. The standard InChI is InChI=1S/C21H45NO/c1-3-5-6-7-8-9-10-11-12-13-14-15-16-17-18-19-20-23-21(22)4-2/h21H,3-20,22H2,1-2H3. The van der Waals surface area contributed by atoms with E-state index in [-0.39, 0.29) is 6.23 Å². The van der Waals surface area contributed by atoms with E-state index in [0.29, 0.717) is 0 Å². The van der Waals surface area contributed by atoms with E-state index in [4.69, 9.17) is 10.5 Å². The number of hydrogen-bond donors (Lipinski definition) is 1. The van der Waals surface area contributed by atoms with Gasteiger partial charge in [0.2, 0.25) is 0 Å². The zero-order valence-electron chi connectivity index (χ0n) is 16.3. The van der Waals surface area contributed by atoms with Crippen molar-refractivity contribution < 1.29 is 4.74 Å². The molecule has 140 valence electrons. The van der Waals surface area contributed by atoms with Crippen LogP contribution in [0.1, 0.15) is 123 Å². The van der Waals surface area contributed by atoms with E-state index >= 15 is 0 Å². The molecule has 1 atom stereocenters. The monoisotopic (exact) mass is 327 g/mol.